The fourth-order valence-corrected chi connectivity index (χ4v) is 1.22. The molecule has 1 aromatic heterocycles. The standard InChI is InChI=1S/C7H10N2OS/c1-2-3-9-6(5-10)4-8-7(9)11/h4-5H,2-3H2,1H3,(H,8,11). The van der Waals surface area contributed by atoms with Crippen LogP contribution in [0.5, 0.6) is 0 Å². The summed E-state index contributed by atoms with van der Waals surface area (Å²) in [5, 5.41) is 0. The van der Waals surface area contributed by atoms with Gasteiger partial charge < -0.3 is 9.55 Å². The highest BCUT2D eigenvalue weighted by molar-refractivity contribution is 7.71. The van der Waals surface area contributed by atoms with E-state index in [0.717, 1.165) is 19.3 Å². The van der Waals surface area contributed by atoms with Gasteiger partial charge in [0.15, 0.2) is 11.1 Å². The number of rotatable bonds is 3. The van der Waals surface area contributed by atoms with E-state index in [4.69, 9.17) is 12.2 Å². The number of imidazole rings is 1. The summed E-state index contributed by atoms with van der Waals surface area (Å²) in [5.41, 5.74) is 0.622. The van der Waals surface area contributed by atoms with E-state index in [2.05, 4.69) is 4.98 Å². The van der Waals surface area contributed by atoms with Crippen molar-refractivity contribution in [3.05, 3.63) is 16.7 Å². The number of nitrogens with one attached hydrogen (secondary N) is 1. The van der Waals surface area contributed by atoms with Crippen LogP contribution in [0.4, 0.5) is 0 Å². The van der Waals surface area contributed by atoms with Gasteiger partial charge in [0, 0.05) is 12.7 Å². The van der Waals surface area contributed by atoms with E-state index in [1.165, 1.54) is 0 Å². The summed E-state index contributed by atoms with van der Waals surface area (Å²) in [4.78, 5) is 13.2. The predicted molar refractivity (Wildman–Crippen MR) is 45.3 cm³/mol. The van der Waals surface area contributed by atoms with Crippen molar-refractivity contribution in [2.24, 2.45) is 0 Å². The van der Waals surface area contributed by atoms with Crippen LogP contribution in [0.2, 0.25) is 0 Å². The number of aromatic nitrogens is 2. The number of carbonyl (C=O) groups is 1. The lowest BCUT2D eigenvalue weighted by molar-refractivity contribution is 0.111. The Morgan fingerprint density at radius 3 is 3.09 bits per heavy atom. The van der Waals surface area contributed by atoms with E-state index < -0.39 is 0 Å². The van der Waals surface area contributed by atoms with Gasteiger partial charge in [-0.25, -0.2) is 0 Å². The van der Waals surface area contributed by atoms with Crippen molar-refractivity contribution in [1.29, 1.82) is 0 Å². The molecular weight excluding hydrogens is 160 g/mol. The third kappa shape index (κ3) is 1.57. The van der Waals surface area contributed by atoms with Crippen molar-refractivity contribution in [2.45, 2.75) is 19.9 Å². The highest BCUT2D eigenvalue weighted by Gasteiger charge is 1.99. The lowest BCUT2D eigenvalue weighted by Crippen LogP contribution is -2.00. The number of hydrogen-bond donors (Lipinski definition) is 1. The summed E-state index contributed by atoms with van der Waals surface area (Å²) in [7, 11) is 0. The lowest BCUT2D eigenvalue weighted by atomic mass is 10.4. The quantitative estimate of drug-likeness (QED) is 0.554. The van der Waals surface area contributed by atoms with Crippen LogP contribution in [0, 0.1) is 4.77 Å². The van der Waals surface area contributed by atoms with Gasteiger partial charge in [-0.2, -0.15) is 0 Å². The van der Waals surface area contributed by atoms with Gasteiger partial charge in [-0.3, -0.25) is 4.79 Å². The lowest BCUT2D eigenvalue weighted by Gasteiger charge is -1.99. The number of aromatic amines is 1. The maximum atomic E-state index is 10.4. The summed E-state index contributed by atoms with van der Waals surface area (Å²) in [6.07, 6.45) is 3.42. The minimum Gasteiger partial charge on any atom is -0.337 e. The second-order valence-electron chi connectivity index (χ2n) is 2.29. The van der Waals surface area contributed by atoms with Gasteiger partial charge >= 0.3 is 0 Å². The Kier molecular flexibility index (Phi) is 2.59. The Morgan fingerprint density at radius 2 is 2.55 bits per heavy atom. The van der Waals surface area contributed by atoms with Crippen LogP contribution in [0.1, 0.15) is 23.8 Å². The monoisotopic (exact) mass is 170 g/mol. The van der Waals surface area contributed by atoms with Gasteiger partial charge in [-0.05, 0) is 18.6 Å². The van der Waals surface area contributed by atoms with Crippen molar-refractivity contribution in [2.75, 3.05) is 0 Å². The number of aldehydes is 1. The SMILES string of the molecule is CCCn1c(C=O)c[nH]c1=S. The molecule has 0 bridgehead atoms. The molecule has 4 heteroatoms. The van der Waals surface area contributed by atoms with Gasteiger partial charge in [0.05, 0.1) is 5.69 Å². The highest BCUT2D eigenvalue weighted by Crippen LogP contribution is 1.99. The smallest absolute Gasteiger partial charge is 0.177 e. The molecule has 0 unspecified atom stereocenters. The van der Waals surface area contributed by atoms with E-state index in [0.29, 0.717) is 10.5 Å². The van der Waals surface area contributed by atoms with E-state index in [9.17, 15) is 4.79 Å². The first kappa shape index (κ1) is 8.20. The fourth-order valence-electron chi connectivity index (χ4n) is 0.961. The fraction of sp³-hybridized carbons (Fsp3) is 0.429. The average molecular weight is 170 g/mol. The number of H-pyrrole nitrogens is 1. The average Bonchev–Trinajstić information content (AvgIpc) is 2.34. The van der Waals surface area contributed by atoms with Gasteiger partial charge in [-0.15, -0.1) is 0 Å². The Hall–Kier alpha value is -0.900. The Bertz CT molecular complexity index is 300. The molecule has 0 saturated heterocycles. The largest absolute Gasteiger partial charge is 0.337 e. The molecule has 11 heavy (non-hydrogen) atoms. The van der Waals surface area contributed by atoms with Crippen LogP contribution in [0.25, 0.3) is 0 Å². The van der Waals surface area contributed by atoms with Gasteiger partial charge in [-0.1, -0.05) is 6.92 Å². The van der Waals surface area contributed by atoms with E-state index in [1.54, 1.807) is 10.8 Å². The van der Waals surface area contributed by atoms with Crippen molar-refractivity contribution in [1.82, 2.24) is 9.55 Å². The van der Waals surface area contributed by atoms with Crippen LogP contribution in [0.15, 0.2) is 6.20 Å². The molecule has 1 rings (SSSR count). The number of hydrogen-bond acceptors (Lipinski definition) is 2. The zero-order valence-corrected chi connectivity index (χ0v) is 7.15. The first-order valence-corrected chi connectivity index (χ1v) is 3.93. The molecule has 1 heterocycles. The van der Waals surface area contributed by atoms with E-state index >= 15 is 0 Å². The van der Waals surface area contributed by atoms with Crippen LogP contribution in [0.3, 0.4) is 0 Å². The Morgan fingerprint density at radius 1 is 1.82 bits per heavy atom. The maximum absolute atomic E-state index is 10.4. The molecule has 0 amide bonds. The summed E-state index contributed by atoms with van der Waals surface area (Å²) in [5.74, 6) is 0. The van der Waals surface area contributed by atoms with Crippen molar-refractivity contribution >= 4 is 18.5 Å². The predicted octanol–water partition coefficient (Wildman–Crippen LogP) is 1.77. The molecule has 0 fully saturated rings. The Balaban J connectivity index is 3.07. The first-order valence-electron chi connectivity index (χ1n) is 3.53. The molecule has 0 spiro atoms. The van der Waals surface area contributed by atoms with Crippen molar-refractivity contribution in [3.63, 3.8) is 0 Å². The first-order chi connectivity index (χ1) is 5.29. The molecule has 1 aromatic rings. The molecule has 3 nitrogen and oxygen atoms in total. The zero-order chi connectivity index (χ0) is 8.27. The molecule has 0 aromatic carbocycles. The van der Waals surface area contributed by atoms with Crippen LogP contribution in [-0.4, -0.2) is 15.8 Å². The summed E-state index contributed by atoms with van der Waals surface area (Å²) in [6, 6.07) is 0. The maximum Gasteiger partial charge on any atom is 0.177 e. The molecule has 1 N–H and O–H groups in total. The molecule has 0 aliphatic carbocycles. The Labute approximate surface area is 70.1 Å². The summed E-state index contributed by atoms with van der Waals surface area (Å²) < 4.78 is 2.41. The molecule has 0 atom stereocenters. The summed E-state index contributed by atoms with van der Waals surface area (Å²) in [6.45, 7) is 2.85. The summed E-state index contributed by atoms with van der Waals surface area (Å²) >= 11 is 4.95. The van der Waals surface area contributed by atoms with E-state index in [1.807, 2.05) is 6.92 Å². The normalized spacial score (nSPS) is 9.91. The van der Waals surface area contributed by atoms with Crippen molar-refractivity contribution < 1.29 is 4.79 Å². The molecule has 0 aliphatic rings. The number of nitrogens with zero attached hydrogens (tertiary/aromatic N) is 1. The minimum atomic E-state index is 0.619. The molecular formula is C7H10N2OS. The van der Waals surface area contributed by atoms with E-state index in [-0.39, 0.29) is 0 Å². The van der Waals surface area contributed by atoms with Gasteiger partial charge in [0.25, 0.3) is 0 Å². The molecule has 0 radical (unpaired) electrons. The second-order valence-corrected chi connectivity index (χ2v) is 2.67. The highest BCUT2D eigenvalue weighted by atomic mass is 32.1. The number of carbonyl (C=O) groups excluding carboxylic acids is 1. The van der Waals surface area contributed by atoms with Gasteiger partial charge in [0.1, 0.15) is 0 Å². The second kappa shape index (κ2) is 3.48. The third-order valence-electron chi connectivity index (χ3n) is 1.47. The van der Waals surface area contributed by atoms with Crippen LogP contribution >= 0.6 is 12.2 Å². The van der Waals surface area contributed by atoms with Crippen LogP contribution < -0.4 is 0 Å². The third-order valence-corrected chi connectivity index (χ3v) is 1.81. The minimum absolute atomic E-state index is 0.619. The van der Waals surface area contributed by atoms with Crippen LogP contribution in [-0.2, 0) is 6.54 Å². The molecule has 0 aliphatic heterocycles. The molecule has 60 valence electrons. The zero-order valence-electron chi connectivity index (χ0n) is 6.33. The topological polar surface area (TPSA) is 37.8 Å². The van der Waals surface area contributed by atoms with Gasteiger partial charge in [0.2, 0.25) is 0 Å². The van der Waals surface area contributed by atoms with Crippen molar-refractivity contribution in [3.8, 4) is 0 Å². The molecule has 0 saturated carbocycles.